The van der Waals surface area contributed by atoms with Gasteiger partial charge in [-0.25, -0.2) is 0 Å². The predicted octanol–water partition coefficient (Wildman–Crippen LogP) is 1.23. The number of benzene rings is 1. The Bertz CT molecular complexity index is 493. The average Bonchev–Trinajstić information content (AvgIpc) is 2.55. The standard InChI is InChI=1S/C16H22N2O3/c1-3-13-4-6-14(7-5-13)15(19)17-12(2)16(20)18-8-10-21-11-9-18/h4-7,12H,3,8-11H2,1-2H3,(H,17,19)/t12-/m1/s1. The summed E-state index contributed by atoms with van der Waals surface area (Å²) in [5.41, 5.74) is 1.76. The summed E-state index contributed by atoms with van der Waals surface area (Å²) in [5, 5.41) is 2.76. The third kappa shape index (κ3) is 4.04. The molecule has 1 heterocycles. The predicted molar refractivity (Wildman–Crippen MR) is 80.1 cm³/mol. The van der Waals surface area contributed by atoms with Crippen molar-refractivity contribution in [2.45, 2.75) is 26.3 Å². The van der Waals surface area contributed by atoms with E-state index in [2.05, 4.69) is 12.2 Å². The maximum atomic E-state index is 12.2. The molecule has 2 rings (SSSR count). The number of rotatable bonds is 4. The van der Waals surface area contributed by atoms with E-state index in [-0.39, 0.29) is 11.8 Å². The van der Waals surface area contributed by atoms with Gasteiger partial charge >= 0.3 is 0 Å². The minimum Gasteiger partial charge on any atom is -0.378 e. The first kappa shape index (κ1) is 15.5. The summed E-state index contributed by atoms with van der Waals surface area (Å²) < 4.78 is 5.22. The molecular weight excluding hydrogens is 268 g/mol. The molecule has 114 valence electrons. The van der Waals surface area contributed by atoms with E-state index in [4.69, 9.17) is 4.74 Å². The second kappa shape index (κ2) is 7.22. The molecule has 0 aliphatic carbocycles. The van der Waals surface area contributed by atoms with Crippen LogP contribution in [0.15, 0.2) is 24.3 Å². The van der Waals surface area contributed by atoms with Gasteiger partial charge in [0.1, 0.15) is 6.04 Å². The molecule has 1 N–H and O–H groups in total. The first-order chi connectivity index (χ1) is 10.1. The van der Waals surface area contributed by atoms with Crippen molar-refractivity contribution in [2.24, 2.45) is 0 Å². The highest BCUT2D eigenvalue weighted by molar-refractivity contribution is 5.97. The number of carbonyl (C=O) groups excluding carboxylic acids is 2. The number of nitrogens with zero attached hydrogens (tertiary/aromatic N) is 1. The second-order valence-electron chi connectivity index (χ2n) is 5.18. The van der Waals surface area contributed by atoms with Crippen LogP contribution >= 0.6 is 0 Å². The van der Waals surface area contributed by atoms with Crippen molar-refractivity contribution in [1.29, 1.82) is 0 Å². The molecule has 0 radical (unpaired) electrons. The molecule has 0 aromatic heterocycles. The van der Waals surface area contributed by atoms with Crippen LogP contribution in [-0.4, -0.2) is 49.1 Å². The van der Waals surface area contributed by atoms with Crippen molar-refractivity contribution in [3.8, 4) is 0 Å². The molecule has 0 saturated carbocycles. The molecule has 1 aromatic carbocycles. The van der Waals surface area contributed by atoms with Gasteiger partial charge in [0.25, 0.3) is 5.91 Å². The van der Waals surface area contributed by atoms with Gasteiger partial charge in [-0.1, -0.05) is 19.1 Å². The SMILES string of the molecule is CCc1ccc(C(=O)N[C@H](C)C(=O)N2CCOCC2)cc1. The molecule has 5 nitrogen and oxygen atoms in total. The van der Waals surface area contributed by atoms with E-state index in [1.807, 2.05) is 12.1 Å². The van der Waals surface area contributed by atoms with Crippen molar-refractivity contribution in [3.63, 3.8) is 0 Å². The molecule has 1 fully saturated rings. The van der Waals surface area contributed by atoms with Crippen molar-refractivity contribution < 1.29 is 14.3 Å². The molecule has 1 aliphatic rings. The minimum atomic E-state index is -0.526. The Labute approximate surface area is 125 Å². The Morgan fingerprint density at radius 2 is 1.86 bits per heavy atom. The van der Waals surface area contributed by atoms with Crippen LogP contribution in [0.5, 0.6) is 0 Å². The average molecular weight is 290 g/mol. The maximum Gasteiger partial charge on any atom is 0.251 e. The number of carbonyl (C=O) groups is 2. The maximum absolute atomic E-state index is 12.2. The fourth-order valence-electron chi connectivity index (χ4n) is 2.29. The summed E-state index contributed by atoms with van der Waals surface area (Å²) in [6.45, 7) is 6.08. The van der Waals surface area contributed by atoms with Crippen molar-refractivity contribution in [2.75, 3.05) is 26.3 Å². The van der Waals surface area contributed by atoms with Gasteiger partial charge in [-0.3, -0.25) is 9.59 Å². The Morgan fingerprint density at radius 3 is 2.43 bits per heavy atom. The van der Waals surface area contributed by atoms with E-state index in [0.717, 1.165) is 6.42 Å². The van der Waals surface area contributed by atoms with Crippen LogP contribution in [0.4, 0.5) is 0 Å². The van der Waals surface area contributed by atoms with Gasteiger partial charge in [0, 0.05) is 18.7 Å². The third-order valence-corrected chi connectivity index (χ3v) is 3.67. The number of hydrogen-bond donors (Lipinski definition) is 1. The van der Waals surface area contributed by atoms with E-state index in [1.54, 1.807) is 24.0 Å². The van der Waals surface area contributed by atoms with E-state index in [0.29, 0.717) is 31.9 Å². The van der Waals surface area contributed by atoms with E-state index in [1.165, 1.54) is 5.56 Å². The molecule has 1 aliphatic heterocycles. The number of amides is 2. The highest BCUT2D eigenvalue weighted by Crippen LogP contribution is 2.06. The lowest BCUT2D eigenvalue weighted by Gasteiger charge is -2.29. The van der Waals surface area contributed by atoms with Gasteiger partial charge < -0.3 is 15.0 Å². The monoisotopic (exact) mass is 290 g/mol. The molecule has 1 saturated heterocycles. The molecule has 2 amide bonds. The first-order valence-corrected chi connectivity index (χ1v) is 7.38. The number of ether oxygens (including phenoxy) is 1. The van der Waals surface area contributed by atoms with E-state index in [9.17, 15) is 9.59 Å². The fourth-order valence-corrected chi connectivity index (χ4v) is 2.29. The molecule has 0 spiro atoms. The number of morpholine rings is 1. The van der Waals surface area contributed by atoms with Crippen LogP contribution < -0.4 is 5.32 Å². The van der Waals surface area contributed by atoms with Gasteiger partial charge in [-0.05, 0) is 31.0 Å². The van der Waals surface area contributed by atoms with Gasteiger partial charge in [0.05, 0.1) is 13.2 Å². The van der Waals surface area contributed by atoms with Crippen LogP contribution in [0.25, 0.3) is 0 Å². The lowest BCUT2D eigenvalue weighted by Crippen LogP contribution is -2.50. The quantitative estimate of drug-likeness (QED) is 0.907. The van der Waals surface area contributed by atoms with Gasteiger partial charge in [-0.2, -0.15) is 0 Å². The Hall–Kier alpha value is -1.88. The number of nitrogens with one attached hydrogen (secondary N) is 1. The van der Waals surface area contributed by atoms with Crippen molar-refractivity contribution >= 4 is 11.8 Å². The molecule has 0 unspecified atom stereocenters. The highest BCUT2D eigenvalue weighted by Gasteiger charge is 2.23. The summed E-state index contributed by atoms with van der Waals surface area (Å²) in [7, 11) is 0. The van der Waals surface area contributed by atoms with Crippen LogP contribution in [0, 0.1) is 0 Å². The lowest BCUT2D eigenvalue weighted by molar-refractivity contribution is -0.136. The zero-order valence-electron chi connectivity index (χ0n) is 12.6. The van der Waals surface area contributed by atoms with Crippen molar-refractivity contribution in [1.82, 2.24) is 10.2 Å². The Kier molecular flexibility index (Phi) is 5.33. The zero-order chi connectivity index (χ0) is 15.2. The molecule has 1 atom stereocenters. The summed E-state index contributed by atoms with van der Waals surface area (Å²) in [6, 6.07) is 6.92. The Balaban J connectivity index is 1.92. The molecule has 0 bridgehead atoms. The smallest absolute Gasteiger partial charge is 0.251 e. The summed E-state index contributed by atoms with van der Waals surface area (Å²) in [5.74, 6) is -0.274. The molecular formula is C16H22N2O3. The van der Waals surface area contributed by atoms with E-state index >= 15 is 0 Å². The molecule has 21 heavy (non-hydrogen) atoms. The topological polar surface area (TPSA) is 58.6 Å². The Morgan fingerprint density at radius 1 is 1.24 bits per heavy atom. The summed E-state index contributed by atoms with van der Waals surface area (Å²) in [6.07, 6.45) is 0.938. The van der Waals surface area contributed by atoms with Crippen LogP contribution in [0.1, 0.15) is 29.8 Å². The zero-order valence-corrected chi connectivity index (χ0v) is 12.6. The lowest BCUT2D eigenvalue weighted by atomic mass is 10.1. The largest absolute Gasteiger partial charge is 0.378 e. The molecule has 1 aromatic rings. The van der Waals surface area contributed by atoms with Crippen LogP contribution in [-0.2, 0) is 16.0 Å². The minimum absolute atomic E-state index is 0.0585. The van der Waals surface area contributed by atoms with Crippen LogP contribution in [0.2, 0.25) is 0 Å². The third-order valence-electron chi connectivity index (χ3n) is 3.67. The first-order valence-electron chi connectivity index (χ1n) is 7.38. The fraction of sp³-hybridized carbons (Fsp3) is 0.500. The van der Waals surface area contributed by atoms with Crippen LogP contribution in [0.3, 0.4) is 0 Å². The van der Waals surface area contributed by atoms with Crippen molar-refractivity contribution in [3.05, 3.63) is 35.4 Å². The molecule has 5 heteroatoms. The normalized spacial score (nSPS) is 16.4. The number of hydrogen-bond acceptors (Lipinski definition) is 3. The highest BCUT2D eigenvalue weighted by atomic mass is 16.5. The second-order valence-corrected chi connectivity index (χ2v) is 5.18. The summed E-state index contributed by atoms with van der Waals surface area (Å²) >= 11 is 0. The van der Waals surface area contributed by atoms with Gasteiger partial charge in [0.15, 0.2) is 0 Å². The van der Waals surface area contributed by atoms with E-state index < -0.39 is 6.04 Å². The number of aryl methyl sites for hydroxylation is 1. The van der Waals surface area contributed by atoms with Gasteiger partial charge in [0.2, 0.25) is 5.91 Å². The van der Waals surface area contributed by atoms with Gasteiger partial charge in [-0.15, -0.1) is 0 Å². The summed E-state index contributed by atoms with van der Waals surface area (Å²) in [4.78, 5) is 26.1.